The molecule has 0 saturated heterocycles. The van der Waals surface area contributed by atoms with Gasteiger partial charge in [0.15, 0.2) is 0 Å². The van der Waals surface area contributed by atoms with Crippen LogP contribution in [-0.2, 0) is 6.42 Å². The summed E-state index contributed by atoms with van der Waals surface area (Å²) >= 11 is 0. The summed E-state index contributed by atoms with van der Waals surface area (Å²) in [6, 6.07) is 12.6. The van der Waals surface area contributed by atoms with Crippen LogP contribution in [0.15, 0.2) is 59.3 Å². The van der Waals surface area contributed by atoms with Crippen LogP contribution < -0.4 is 15.0 Å². The second-order valence-electron chi connectivity index (χ2n) is 10.3. The number of furan rings is 1. The van der Waals surface area contributed by atoms with E-state index in [4.69, 9.17) is 19.1 Å². The average Bonchev–Trinajstić information content (AvgIpc) is 3.65. The molecule has 0 amide bonds. The fourth-order valence-electron chi connectivity index (χ4n) is 4.72. The summed E-state index contributed by atoms with van der Waals surface area (Å²) in [5.41, 5.74) is 4.31. The first-order chi connectivity index (χ1) is 20.8. The molecule has 13 heteroatoms. The number of hydrogen-bond acceptors (Lipinski definition) is 11. The van der Waals surface area contributed by atoms with Gasteiger partial charge in [-0.2, -0.15) is 0 Å². The summed E-state index contributed by atoms with van der Waals surface area (Å²) in [6.45, 7) is 1.37. The van der Waals surface area contributed by atoms with Crippen LogP contribution in [-0.4, -0.2) is 82.8 Å². The van der Waals surface area contributed by atoms with Gasteiger partial charge in [0.1, 0.15) is 22.8 Å². The molecular weight excluding hydrogens is 552 g/mol. The number of aromatic nitrogens is 4. The maximum Gasteiger partial charge on any atom is 0.294 e. The fourth-order valence-corrected chi connectivity index (χ4v) is 4.72. The van der Waals surface area contributed by atoms with Gasteiger partial charge in [-0.15, -0.1) is 0 Å². The van der Waals surface area contributed by atoms with Crippen LogP contribution in [0.3, 0.4) is 0 Å². The number of hydrogen-bond donors (Lipinski definition) is 3. The Morgan fingerprint density at radius 3 is 2.70 bits per heavy atom. The lowest BCUT2D eigenvalue weighted by Crippen LogP contribution is -2.28. The molecular formula is C30H34N8O5. The minimum absolute atomic E-state index is 0.0477. The molecule has 3 N–H and O–H groups in total. The number of aliphatic hydroxyl groups is 1. The number of aryl methyl sites for hydroxylation is 1. The number of imidazole rings is 1. The fraction of sp³-hybridized carbons (Fsp3) is 0.300. The van der Waals surface area contributed by atoms with E-state index < -0.39 is 4.92 Å². The van der Waals surface area contributed by atoms with Crippen LogP contribution >= 0.6 is 0 Å². The SMILES string of the molecule is COc1cc(N(C)CCN(C)C)c([N+](=O)[O-])cc1Nc1nccc(-c2[nH]c(CCCO)nc2-c2ccc3occc3c2)n1. The Hall–Kier alpha value is -5.01. The van der Waals surface area contributed by atoms with Gasteiger partial charge in [-0.3, -0.25) is 10.1 Å². The molecule has 0 radical (unpaired) electrons. The van der Waals surface area contributed by atoms with Crippen molar-refractivity contribution in [3.05, 3.63) is 70.9 Å². The van der Waals surface area contributed by atoms with E-state index in [9.17, 15) is 15.2 Å². The summed E-state index contributed by atoms with van der Waals surface area (Å²) in [5, 5.41) is 25.5. The number of rotatable bonds is 13. The summed E-state index contributed by atoms with van der Waals surface area (Å²) < 4.78 is 11.1. The lowest BCUT2D eigenvalue weighted by atomic mass is 10.1. The highest BCUT2D eigenvalue weighted by molar-refractivity contribution is 5.86. The molecule has 2 aromatic carbocycles. The van der Waals surface area contributed by atoms with E-state index in [1.807, 2.05) is 55.2 Å². The Morgan fingerprint density at radius 2 is 1.95 bits per heavy atom. The van der Waals surface area contributed by atoms with E-state index in [2.05, 4.69) is 15.3 Å². The first-order valence-electron chi connectivity index (χ1n) is 13.8. The topological polar surface area (TPSA) is 159 Å². The molecule has 3 aromatic heterocycles. The molecule has 0 bridgehead atoms. The number of nitro benzene ring substituents is 1. The third kappa shape index (κ3) is 6.58. The molecule has 0 aliphatic carbocycles. The molecule has 43 heavy (non-hydrogen) atoms. The first-order valence-corrected chi connectivity index (χ1v) is 13.8. The quantitative estimate of drug-likeness (QED) is 0.128. The number of aliphatic hydroxyl groups excluding tert-OH is 1. The summed E-state index contributed by atoms with van der Waals surface area (Å²) in [6.07, 6.45) is 4.36. The van der Waals surface area contributed by atoms with Crippen molar-refractivity contribution in [3.8, 4) is 28.4 Å². The van der Waals surface area contributed by atoms with Crippen LogP contribution in [0.2, 0.25) is 0 Å². The molecule has 5 rings (SSSR count). The van der Waals surface area contributed by atoms with E-state index in [1.165, 1.54) is 13.2 Å². The maximum atomic E-state index is 12.1. The highest BCUT2D eigenvalue weighted by Gasteiger charge is 2.23. The third-order valence-corrected chi connectivity index (χ3v) is 7.00. The van der Waals surface area contributed by atoms with E-state index in [-0.39, 0.29) is 18.2 Å². The van der Waals surface area contributed by atoms with Gasteiger partial charge in [-0.1, -0.05) is 0 Å². The monoisotopic (exact) mass is 586 g/mol. The van der Waals surface area contributed by atoms with Crippen LogP contribution in [0, 0.1) is 10.1 Å². The minimum atomic E-state index is -0.412. The molecule has 0 spiro atoms. The van der Waals surface area contributed by atoms with Gasteiger partial charge < -0.3 is 34.4 Å². The normalized spacial score (nSPS) is 11.3. The van der Waals surface area contributed by atoms with Crippen molar-refractivity contribution in [3.63, 3.8) is 0 Å². The number of nitrogens with one attached hydrogen (secondary N) is 2. The van der Waals surface area contributed by atoms with Crippen molar-refractivity contribution < 1.29 is 19.2 Å². The third-order valence-electron chi connectivity index (χ3n) is 7.00. The van der Waals surface area contributed by atoms with E-state index in [0.29, 0.717) is 59.4 Å². The number of nitro groups is 1. The number of ether oxygens (including phenoxy) is 1. The number of nitrogens with zero attached hydrogens (tertiary/aromatic N) is 6. The van der Waals surface area contributed by atoms with Crippen LogP contribution in [0.1, 0.15) is 12.2 Å². The van der Waals surface area contributed by atoms with E-state index in [1.54, 1.807) is 24.6 Å². The molecule has 3 heterocycles. The number of benzene rings is 2. The Labute approximate surface area is 248 Å². The summed E-state index contributed by atoms with van der Waals surface area (Å²) in [4.78, 5) is 32.8. The smallest absolute Gasteiger partial charge is 0.294 e. The van der Waals surface area contributed by atoms with Crippen molar-refractivity contribution in [1.82, 2.24) is 24.8 Å². The Kier molecular flexibility index (Phi) is 8.83. The predicted octanol–water partition coefficient (Wildman–Crippen LogP) is 4.86. The van der Waals surface area contributed by atoms with Crippen molar-refractivity contribution in [2.75, 3.05) is 58.2 Å². The molecule has 224 valence electrons. The Balaban J connectivity index is 1.51. The average molecular weight is 587 g/mol. The number of fused-ring (bicyclic) bond motifs is 1. The van der Waals surface area contributed by atoms with Crippen LogP contribution in [0.4, 0.5) is 23.0 Å². The van der Waals surface area contributed by atoms with Gasteiger partial charge in [0.25, 0.3) is 5.69 Å². The molecule has 0 fully saturated rings. The van der Waals surface area contributed by atoms with Gasteiger partial charge in [0.05, 0.1) is 41.1 Å². The second kappa shape index (κ2) is 12.9. The second-order valence-corrected chi connectivity index (χ2v) is 10.3. The molecule has 13 nitrogen and oxygen atoms in total. The summed E-state index contributed by atoms with van der Waals surface area (Å²) in [7, 11) is 7.22. The summed E-state index contributed by atoms with van der Waals surface area (Å²) in [5.74, 6) is 1.35. The number of aromatic amines is 1. The van der Waals surface area contributed by atoms with Crippen molar-refractivity contribution >= 4 is 34.0 Å². The number of methoxy groups -OCH3 is 1. The van der Waals surface area contributed by atoms with Crippen molar-refractivity contribution in [1.29, 1.82) is 0 Å². The highest BCUT2D eigenvalue weighted by Crippen LogP contribution is 2.39. The Morgan fingerprint density at radius 1 is 1.12 bits per heavy atom. The first kappa shape index (κ1) is 29.5. The zero-order valence-electron chi connectivity index (χ0n) is 24.5. The Bertz CT molecular complexity index is 1730. The lowest BCUT2D eigenvalue weighted by molar-refractivity contribution is -0.384. The van der Waals surface area contributed by atoms with E-state index in [0.717, 1.165) is 23.1 Å². The number of anilines is 3. The van der Waals surface area contributed by atoms with Gasteiger partial charge in [0.2, 0.25) is 5.95 Å². The maximum absolute atomic E-state index is 12.1. The molecule has 0 aliphatic rings. The lowest BCUT2D eigenvalue weighted by Gasteiger charge is -2.22. The van der Waals surface area contributed by atoms with Gasteiger partial charge in [0, 0.05) is 62.4 Å². The number of H-pyrrole nitrogens is 1. The molecule has 0 aliphatic heterocycles. The van der Waals surface area contributed by atoms with Crippen molar-refractivity contribution in [2.24, 2.45) is 0 Å². The minimum Gasteiger partial charge on any atom is -0.494 e. The zero-order valence-corrected chi connectivity index (χ0v) is 24.5. The standard InChI is InChI=1S/C30H34N8O5/c1-36(2)12-13-37(3)23-18-26(42-4)22(17-24(23)38(40)41)33-30-31-11-9-21(32-30)29-28(34-27(35-29)6-5-14-39)20-7-8-25-19(16-20)10-15-43-25/h7-11,15-18,39H,5-6,12-14H2,1-4H3,(H,34,35)(H,31,32,33). The van der Waals surface area contributed by atoms with Gasteiger partial charge in [-0.05, 0) is 50.8 Å². The van der Waals surface area contributed by atoms with E-state index >= 15 is 0 Å². The number of likely N-dealkylation sites (N-methyl/N-ethyl adjacent to an activating group) is 2. The van der Waals surface area contributed by atoms with Gasteiger partial charge in [-0.25, -0.2) is 15.0 Å². The molecule has 0 saturated carbocycles. The van der Waals surface area contributed by atoms with Crippen molar-refractivity contribution in [2.45, 2.75) is 12.8 Å². The molecule has 0 atom stereocenters. The van der Waals surface area contributed by atoms with Crippen LogP contribution in [0.5, 0.6) is 5.75 Å². The van der Waals surface area contributed by atoms with Gasteiger partial charge >= 0.3 is 0 Å². The molecule has 5 aromatic rings. The predicted molar refractivity (Wildman–Crippen MR) is 165 cm³/mol. The highest BCUT2D eigenvalue weighted by atomic mass is 16.6. The molecule has 0 unspecified atom stereocenters. The largest absolute Gasteiger partial charge is 0.494 e. The van der Waals surface area contributed by atoms with Crippen LogP contribution in [0.25, 0.3) is 33.6 Å². The zero-order chi connectivity index (χ0) is 30.5.